The molecule has 1 saturated heterocycles. The van der Waals surface area contributed by atoms with E-state index in [2.05, 4.69) is 6.92 Å². The van der Waals surface area contributed by atoms with Crippen LogP contribution in [0.25, 0.3) is 11.1 Å². The molecule has 1 aliphatic carbocycles. The number of alkyl halides is 1. The van der Waals surface area contributed by atoms with Crippen molar-refractivity contribution in [3.63, 3.8) is 0 Å². The van der Waals surface area contributed by atoms with E-state index in [0.717, 1.165) is 36.0 Å². The number of rotatable bonds is 10. The fourth-order valence-corrected chi connectivity index (χ4v) is 5.48. The second-order valence-corrected chi connectivity index (χ2v) is 9.35. The molecule has 2 aliphatic rings. The van der Waals surface area contributed by atoms with E-state index in [1.807, 2.05) is 42.5 Å². The molecule has 0 amide bonds. The maximum absolute atomic E-state index is 16.8. The van der Waals surface area contributed by atoms with E-state index in [1.165, 1.54) is 19.3 Å². The molecular weight excluding hydrogens is 421 g/mol. The van der Waals surface area contributed by atoms with Gasteiger partial charge in [-0.1, -0.05) is 75.1 Å². The first-order valence-corrected chi connectivity index (χ1v) is 12.0. The molecule has 1 unspecified atom stereocenters. The lowest BCUT2D eigenvalue weighted by Gasteiger charge is -2.51. The van der Waals surface area contributed by atoms with Crippen LogP contribution in [0.5, 0.6) is 0 Å². The molecule has 0 radical (unpaired) electrons. The summed E-state index contributed by atoms with van der Waals surface area (Å²) in [4.78, 5) is 25.1. The van der Waals surface area contributed by atoms with Crippen molar-refractivity contribution in [1.29, 1.82) is 0 Å². The Morgan fingerprint density at radius 1 is 0.939 bits per heavy atom. The maximum Gasteiger partial charge on any atom is 0.321 e. The third-order valence-electron chi connectivity index (χ3n) is 7.49. The summed E-state index contributed by atoms with van der Waals surface area (Å²) in [5.74, 6) is -4.47. The molecule has 5 nitrogen and oxygen atoms in total. The Morgan fingerprint density at radius 2 is 1.58 bits per heavy atom. The highest BCUT2D eigenvalue weighted by Crippen LogP contribution is 2.56. The van der Waals surface area contributed by atoms with Crippen LogP contribution in [0, 0.1) is 5.41 Å². The number of aliphatic carboxylic acids is 2. The van der Waals surface area contributed by atoms with Crippen LogP contribution in [0.15, 0.2) is 42.5 Å². The normalized spacial score (nSPS) is 21.4. The lowest BCUT2D eigenvalue weighted by Crippen LogP contribution is -2.57. The highest BCUT2D eigenvalue weighted by molar-refractivity contribution is 5.98. The van der Waals surface area contributed by atoms with Crippen LogP contribution in [0.2, 0.25) is 0 Å². The highest BCUT2D eigenvalue weighted by Gasteiger charge is 2.57. The maximum atomic E-state index is 16.8. The fourth-order valence-electron chi connectivity index (χ4n) is 5.48. The Morgan fingerprint density at radius 3 is 2.18 bits per heavy atom. The van der Waals surface area contributed by atoms with Crippen LogP contribution in [0.1, 0.15) is 68.6 Å². The van der Waals surface area contributed by atoms with Gasteiger partial charge in [-0.25, -0.2) is 4.39 Å². The number of nitrogens with zero attached hydrogens (tertiary/aromatic N) is 1. The van der Waals surface area contributed by atoms with E-state index in [1.54, 1.807) is 4.90 Å². The van der Waals surface area contributed by atoms with E-state index >= 15 is 4.39 Å². The number of likely N-dealkylation sites (tertiary alicyclic amines) is 1. The molecule has 1 fully saturated rings. The van der Waals surface area contributed by atoms with Crippen LogP contribution in [0.4, 0.5) is 4.39 Å². The van der Waals surface area contributed by atoms with Crippen molar-refractivity contribution in [2.75, 3.05) is 13.1 Å². The number of aryl methyl sites for hydroxylation is 1. The van der Waals surface area contributed by atoms with Gasteiger partial charge in [0.25, 0.3) is 0 Å². The zero-order valence-corrected chi connectivity index (χ0v) is 19.1. The number of piperidine rings is 1. The topological polar surface area (TPSA) is 77.8 Å². The molecule has 2 aromatic carbocycles. The van der Waals surface area contributed by atoms with E-state index in [-0.39, 0.29) is 25.9 Å². The second kappa shape index (κ2) is 9.26. The van der Waals surface area contributed by atoms with Gasteiger partial charge in [0.1, 0.15) is 0 Å². The average molecular weight is 454 g/mol. The molecule has 0 saturated carbocycles. The molecule has 176 valence electrons. The predicted octanol–water partition coefficient (Wildman–Crippen LogP) is 5.60. The third kappa shape index (κ3) is 3.84. The van der Waals surface area contributed by atoms with E-state index in [0.29, 0.717) is 11.1 Å². The number of carboxylic acid groups (broad SMARTS) is 2. The summed E-state index contributed by atoms with van der Waals surface area (Å²) in [6, 6.07) is 13.6. The average Bonchev–Trinajstić information content (AvgIpc) is 2.83. The Hall–Kier alpha value is -2.73. The van der Waals surface area contributed by atoms with E-state index in [9.17, 15) is 19.8 Å². The SMILES string of the molecule is CCCCCCCc1c2ccc(-c3ccccc3)c1C2(F)N1CCC(C(=O)O)(C(=O)O)CC1. The molecule has 1 atom stereocenters. The summed E-state index contributed by atoms with van der Waals surface area (Å²) in [6.07, 6.45) is 6.29. The molecule has 33 heavy (non-hydrogen) atoms. The van der Waals surface area contributed by atoms with Gasteiger partial charge in [-0.05, 0) is 42.4 Å². The summed E-state index contributed by atoms with van der Waals surface area (Å²) < 4.78 is 16.8. The number of hydrogen-bond acceptors (Lipinski definition) is 3. The Balaban J connectivity index is 1.63. The minimum atomic E-state index is -1.84. The van der Waals surface area contributed by atoms with Crippen molar-refractivity contribution in [1.82, 2.24) is 4.90 Å². The summed E-state index contributed by atoms with van der Waals surface area (Å²) in [6.45, 7) is 2.35. The number of hydrogen-bond donors (Lipinski definition) is 2. The van der Waals surface area contributed by atoms with Gasteiger partial charge in [0.05, 0.1) is 0 Å². The predicted molar refractivity (Wildman–Crippen MR) is 125 cm³/mol. The Bertz CT molecular complexity index is 1010. The van der Waals surface area contributed by atoms with Crippen LogP contribution in [-0.4, -0.2) is 40.1 Å². The van der Waals surface area contributed by atoms with Crippen molar-refractivity contribution >= 4 is 11.9 Å². The van der Waals surface area contributed by atoms with Gasteiger partial charge in [0, 0.05) is 24.2 Å². The fraction of sp³-hybridized carbons (Fsp3) is 0.481. The van der Waals surface area contributed by atoms with Crippen molar-refractivity contribution < 1.29 is 24.2 Å². The van der Waals surface area contributed by atoms with Gasteiger partial charge in [-0.15, -0.1) is 0 Å². The Kier molecular flexibility index (Phi) is 6.57. The molecule has 2 bridgehead atoms. The standard InChI is InChI=1S/C27H32FNO4/c1-2-3-4-5-9-12-21-22-14-13-20(19-10-7-6-8-11-19)23(21)27(22,28)29-17-15-26(16-18-29,24(30)31)25(32)33/h6-8,10-11,13-14H,2-5,9,12,15-18H2,1H3,(H,30,31)(H,32,33). The van der Waals surface area contributed by atoms with Gasteiger partial charge in [-0.3, -0.25) is 14.5 Å². The summed E-state index contributed by atoms with van der Waals surface area (Å²) in [5.41, 5.74) is 2.38. The number of benzene rings is 2. The molecule has 2 aromatic rings. The molecular formula is C27H32FNO4. The zero-order chi connectivity index (χ0) is 23.6. The first-order chi connectivity index (χ1) is 15.9. The van der Waals surface area contributed by atoms with Gasteiger partial charge < -0.3 is 10.2 Å². The van der Waals surface area contributed by atoms with Crippen LogP contribution < -0.4 is 0 Å². The van der Waals surface area contributed by atoms with E-state index in [4.69, 9.17) is 0 Å². The molecule has 2 N–H and O–H groups in total. The Labute approximate surface area is 194 Å². The van der Waals surface area contributed by atoms with Crippen LogP contribution in [0.3, 0.4) is 0 Å². The monoisotopic (exact) mass is 453 g/mol. The van der Waals surface area contributed by atoms with Crippen molar-refractivity contribution in [2.24, 2.45) is 5.41 Å². The smallest absolute Gasteiger partial charge is 0.321 e. The van der Waals surface area contributed by atoms with Gasteiger partial charge in [0.2, 0.25) is 5.79 Å². The quantitative estimate of drug-likeness (QED) is 0.278. The van der Waals surface area contributed by atoms with Crippen LogP contribution >= 0.6 is 0 Å². The first-order valence-electron chi connectivity index (χ1n) is 12.0. The summed E-state index contributed by atoms with van der Waals surface area (Å²) in [5, 5.41) is 19.1. The first kappa shape index (κ1) is 23.4. The van der Waals surface area contributed by atoms with Crippen molar-refractivity contribution in [3.8, 4) is 11.1 Å². The van der Waals surface area contributed by atoms with Gasteiger partial charge in [-0.2, -0.15) is 0 Å². The van der Waals surface area contributed by atoms with Crippen LogP contribution in [-0.2, 0) is 21.8 Å². The second-order valence-electron chi connectivity index (χ2n) is 9.35. The van der Waals surface area contributed by atoms with Crippen molar-refractivity contribution in [2.45, 2.75) is 64.1 Å². The minimum Gasteiger partial charge on any atom is -0.480 e. The lowest BCUT2D eigenvalue weighted by atomic mass is 9.69. The lowest BCUT2D eigenvalue weighted by molar-refractivity contribution is -0.171. The molecule has 0 aromatic heterocycles. The molecule has 1 heterocycles. The minimum absolute atomic E-state index is 0.0851. The molecule has 4 rings (SSSR count). The number of halogens is 1. The molecule has 0 spiro atoms. The summed E-state index contributed by atoms with van der Waals surface area (Å²) in [7, 11) is 0. The van der Waals surface area contributed by atoms with E-state index < -0.39 is 23.1 Å². The number of unbranched alkanes of at least 4 members (excludes halogenated alkanes) is 4. The zero-order valence-electron chi connectivity index (χ0n) is 19.1. The molecule has 6 heteroatoms. The van der Waals surface area contributed by atoms with Gasteiger partial charge >= 0.3 is 11.9 Å². The number of carbonyl (C=O) groups is 2. The number of fused-ring (bicyclic) bond motifs is 2. The molecule has 1 aliphatic heterocycles. The third-order valence-corrected chi connectivity index (χ3v) is 7.49. The van der Waals surface area contributed by atoms with Gasteiger partial charge in [0.15, 0.2) is 5.41 Å². The largest absolute Gasteiger partial charge is 0.480 e. The number of carboxylic acids is 2. The van der Waals surface area contributed by atoms with Crippen molar-refractivity contribution in [3.05, 3.63) is 59.2 Å². The summed E-state index contributed by atoms with van der Waals surface area (Å²) >= 11 is 0. The highest BCUT2D eigenvalue weighted by atomic mass is 19.1.